The first-order chi connectivity index (χ1) is 10.2. The molecule has 0 radical (unpaired) electrons. The van der Waals surface area contributed by atoms with Gasteiger partial charge in [-0.3, -0.25) is 0 Å². The van der Waals surface area contributed by atoms with Gasteiger partial charge in [0.15, 0.2) is 0 Å². The van der Waals surface area contributed by atoms with Gasteiger partial charge in [-0.25, -0.2) is 4.98 Å². The van der Waals surface area contributed by atoms with Gasteiger partial charge in [-0.05, 0) is 31.7 Å². The number of aliphatic hydroxyl groups excluding tert-OH is 1. The lowest BCUT2D eigenvalue weighted by molar-refractivity contribution is 0.280. The van der Waals surface area contributed by atoms with Crippen molar-refractivity contribution in [1.29, 1.82) is 0 Å². The molecule has 0 aliphatic carbocycles. The minimum atomic E-state index is 0.0444. The molecule has 0 unspecified atom stereocenters. The summed E-state index contributed by atoms with van der Waals surface area (Å²) in [7, 11) is 0. The summed E-state index contributed by atoms with van der Waals surface area (Å²) in [5.74, 6) is 1.45. The molecule has 6 nitrogen and oxygen atoms in total. The normalized spacial score (nSPS) is 12.7. The Bertz CT molecular complexity index is 737. The molecule has 1 atom stereocenters. The standard InChI is InChI=1S/C14H17N5OS/c1-9-10(2)17-14-15-8-16-19(14)13(9)18-11(5-6-20)12-4-3-7-21-12/h3-4,7-8,11,18,20H,5-6H2,1-2H3/t11-/m0/s1. The maximum atomic E-state index is 9.33. The van der Waals surface area contributed by atoms with Crippen molar-refractivity contribution in [2.75, 3.05) is 11.9 Å². The molecule has 2 N–H and O–H groups in total. The van der Waals surface area contributed by atoms with Gasteiger partial charge in [0.1, 0.15) is 12.1 Å². The molecule has 21 heavy (non-hydrogen) atoms. The van der Waals surface area contributed by atoms with Crippen LogP contribution in [0.15, 0.2) is 23.8 Å². The van der Waals surface area contributed by atoms with Gasteiger partial charge < -0.3 is 10.4 Å². The largest absolute Gasteiger partial charge is 0.396 e. The third-order valence-corrected chi connectivity index (χ3v) is 4.51. The highest BCUT2D eigenvalue weighted by Gasteiger charge is 2.17. The van der Waals surface area contributed by atoms with Crippen LogP contribution in [0.4, 0.5) is 5.82 Å². The molecule has 3 rings (SSSR count). The SMILES string of the molecule is Cc1nc2ncnn2c(N[C@@H](CCO)c2cccs2)c1C. The molecule has 0 amide bonds. The van der Waals surface area contributed by atoms with Crippen molar-refractivity contribution in [3.63, 3.8) is 0 Å². The molecule has 0 saturated heterocycles. The van der Waals surface area contributed by atoms with E-state index in [-0.39, 0.29) is 12.6 Å². The Morgan fingerprint density at radius 3 is 3.00 bits per heavy atom. The highest BCUT2D eigenvalue weighted by atomic mass is 32.1. The number of nitrogens with one attached hydrogen (secondary N) is 1. The van der Waals surface area contributed by atoms with E-state index in [9.17, 15) is 5.11 Å². The first-order valence-corrected chi connectivity index (χ1v) is 7.66. The van der Waals surface area contributed by atoms with Crippen molar-refractivity contribution < 1.29 is 5.11 Å². The van der Waals surface area contributed by atoms with Gasteiger partial charge in [0.25, 0.3) is 5.78 Å². The zero-order valence-electron chi connectivity index (χ0n) is 11.9. The number of aliphatic hydroxyl groups is 1. The summed E-state index contributed by atoms with van der Waals surface area (Å²) in [5.41, 5.74) is 1.96. The number of rotatable bonds is 5. The van der Waals surface area contributed by atoms with Crippen LogP contribution >= 0.6 is 11.3 Å². The van der Waals surface area contributed by atoms with Crippen LogP contribution in [0.1, 0.15) is 28.6 Å². The van der Waals surface area contributed by atoms with E-state index in [1.54, 1.807) is 15.9 Å². The fourth-order valence-corrected chi connectivity index (χ4v) is 3.08. The van der Waals surface area contributed by atoms with Crippen molar-refractivity contribution in [2.24, 2.45) is 0 Å². The van der Waals surface area contributed by atoms with Gasteiger partial charge >= 0.3 is 0 Å². The Balaban J connectivity index is 2.03. The highest BCUT2D eigenvalue weighted by molar-refractivity contribution is 7.10. The summed E-state index contributed by atoms with van der Waals surface area (Å²) in [6.45, 7) is 4.09. The van der Waals surface area contributed by atoms with Gasteiger partial charge in [-0.2, -0.15) is 14.6 Å². The second kappa shape index (κ2) is 5.79. The highest BCUT2D eigenvalue weighted by Crippen LogP contribution is 2.28. The summed E-state index contributed by atoms with van der Waals surface area (Å²) in [6.07, 6.45) is 2.14. The maximum absolute atomic E-state index is 9.33. The first kappa shape index (κ1) is 14.0. The predicted octanol–water partition coefficient (Wildman–Crippen LogP) is 2.34. The number of hydrogen-bond donors (Lipinski definition) is 2. The van der Waals surface area contributed by atoms with Crippen LogP contribution in [0.25, 0.3) is 5.78 Å². The lowest BCUT2D eigenvalue weighted by Crippen LogP contribution is -2.16. The van der Waals surface area contributed by atoms with Crippen LogP contribution in [-0.2, 0) is 0 Å². The predicted molar refractivity (Wildman–Crippen MR) is 82.6 cm³/mol. The molecule has 7 heteroatoms. The fraction of sp³-hybridized carbons (Fsp3) is 0.357. The molecular weight excluding hydrogens is 286 g/mol. The topological polar surface area (TPSA) is 75.3 Å². The van der Waals surface area contributed by atoms with Crippen LogP contribution in [0.5, 0.6) is 0 Å². The minimum absolute atomic E-state index is 0.0444. The van der Waals surface area contributed by atoms with E-state index in [0.29, 0.717) is 12.2 Å². The molecule has 0 spiro atoms. The van der Waals surface area contributed by atoms with Gasteiger partial charge in [0.2, 0.25) is 0 Å². The molecule has 3 aromatic heterocycles. The Kier molecular flexibility index (Phi) is 3.85. The Morgan fingerprint density at radius 2 is 2.29 bits per heavy atom. The molecule has 0 aromatic carbocycles. The number of anilines is 1. The Labute approximate surface area is 126 Å². The van der Waals surface area contributed by atoms with Crippen LogP contribution in [0.2, 0.25) is 0 Å². The lowest BCUT2D eigenvalue weighted by atomic mass is 10.1. The van der Waals surface area contributed by atoms with Gasteiger partial charge in [0.05, 0.1) is 6.04 Å². The second-order valence-corrected chi connectivity index (χ2v) is 5.85. The van der Waals surface area contributed by atoms with Crippen molar-refractivity contribution in [3.8, 4) is 0 Å². The van der Waals surface area contributed by atoms with Crippen LogP contribution in [0, 0.1) is 13.8 Å². The summed E-state index contributed by atoms with van der Waals surface area (Å²) in [6, 6.07) is 4.13. The van der Waals surface area contributed by atoms with E-state index < -0.39 is 0 Å². The van der Waals surface area contributed by atoms with Crippen LogP contribution < -0.4 is 5.32 Å². The lowest BCUT2D eigenvalue weighted by Gasteiger charge is -2.20. The van der Waals surface area contributed by atoms with E-state index in [1.165, 1.54) is 11.2 Å². The quantitative estimate of drug-likeness (QED) is 0.756. The van der Waals surface area contributed by atoms with Crippen molar-refractivity contribution in [1.82, 2.24) is 19.6 Å². The molecular formula is C14H17N5OS. The molecule has 0 aliphatic heterocycles. The first-order valence-electron chi connectivity index (χ1n) is 6.78. The number of hydrogen-bond acceptors (Lipinski definition) is 6. The van der Waals surface area contributed by atoms with E-state index in [4.69, 9.17) is 0 Å². The zero-order chi connectivity index (χ0) is 14.8. The van der Waals surface area contributed by atoms with Crippen molar-refractivity contribution in [3.05, 3.63) is 40.0 Å². The van der Waals surface area contributed by atoms with Gasteiger partial charge in [-0.1, -0.05) is 6.07 Å². The van der Waals surface area contributed by atoms with Crippen LogP contribution in [-0.4, -0.2) is 31.3 Å². The number of aromatic nitrogens is 4. The van der Waals surface area contributed by atoms with Crippen molar-refractivity contribution >= 4 is 22.9 Å². The van der Waals surface area contributed by atoms with E-state index >= 15 is 0 Å². The summed E-state index contributed by atoms with van der Waals surface area (Å²) in [5, 5.41) is 19.1. The molecule has 110 valence electrons. The molecule has 3 heterocycles. The number of aryl methyl sites for hydroxylation is 1. The maximum Gasteiger partial charge on any atom is 0.254 e. The van der Waals surface area contributed by atoms with Gasteiger partial charge in [0, 0.05) is 22.7 Å². The average molecular weight is 303 g/mol. The smallest absolute Gasteiger partial charge is 0.254 e. The Hall–Kier alpha value is -1.99. The molecule has 0 bridgehead atoms. The van der Waals surface area contributed by atoms with E-state index in [2.05, 4.69) is 26.4 Å². The number of nitrogens with zero attached hydrogens (tertiary/aromatic N) is 4. The minimum Gasteiger partial charge on any atom is -0.396 e. The summed E-state index contributed by atoms with van der Waals surface area (Å²) >= 11 is 1.67. The molecule has 3 aromatic rings. The zero-order valence-corrected chi connectivity index (χ0v) is 12.8. The van der Waals surface area contributed by atoms with E-state index in [0.717, 1.165) is 17.1 Å². The van der Waals surface area contributed by atoms with E-state index in [1.807, 2.05) is 25.3 Å². The van der Waals surface area contributed by atoms with Crippen LogP contribution in [0.3, 0.4) is 0 Å². The Morgan fingerprint density at radius 1 is 1.43 bits per heavy atom. The number of thiophene rings is 1. The van der Waals surface area contributed by atoms with Crippen molar-refractivity contribution in [2.45, 2.75) is 26.3 Å². The third-order valence-electron chi connectivity index (χ3n) is 3.52. The second-order valence-electron chi connectivity index (χ2n) is 4.87. The molecule has 0 aliphatic rings. The third kappa shape index (κ3) is 2.62. The fourth-order valence-electron chi connectivity index (χ4n) is 2.27. The number of fused-ring (bicyclic) bond motifs is 1. The summed E-state index contributed by atoms with van der Waals surface area (Å²) in [4.78, 5) is 9.75. The average Bonchev–Trinajstić information content (AvgIpc) is 3.13. The molecule has 0 saturated carbocycles. The molecule has 0 fully saturated rings. The monoisotopic (exact) mass is 303 g/mol. The van der Waals surface area contributed by atoms with Gasteiger partial charge in [-0.15, -0.1) is 11.3 Å². The summed E-state index contributed by atoms with van der Waals surface area (Å²) < 4.78 is 1.71.